The van der Waals surface area contributed by atoms with Crippen molar-refractivity contribution in [2.75, 3.05) is 19.4 Å². The van der Waals surface area contributed by atoms with Crippen molar-refractivity contribution >= 4 is 39.5 Å². The summed E-state index contributed by atoms with van der Waals surface area (Å²) in [7, 11) is 3.40. The SMILES string of the molecule is CN(C)C(=O)Sc1ccc(NC(=O)CCCc2nc3ccccc3c(=O)[nH]2)cc1. The van der Waals surface area contributed by atoms with Gasteiger partial charge in [-0.3, -0.25) is 14.4 Å². The second kappa shape index (κ2) is 9.38. The summed E-state index contributed by atoms with van der Waals surface area (Å²) in [5.41, 5.74) is 1.16. The zero-order valence-electron chi connectivity index (χ0n) is 16.3. The zero-order chi connectivity index (χ0) is 20.8. The van der Waals surface area contributed by atoms with Gasteiger partial charge in [-0.05, 0) is 54.6 Å². The van der Waals surface area contributed by atoms with Crippen molar-refractivity contribution in [3.63, 3.8) is 0 Å². The van der Waals surface area contributed by atoms with Gasteiger partial charge in [-0.2, -0.15) is 0 Å². The van der Waals surface area contributed by atoms with Crippen LogP contribution in [0.15, 0.2) is 58.2 Å². The summed E-state index contributed by atoms with van der Waals surface area (Å²) in [5, 5.41) is 3.34. The highest BCUT2D eigenvalue weighted by molar-refractivity contribution is 8.13. The zero-order valence-corrected chi connectivity index (χ0v) is 17.1. The summed E-state index contributed by atoms with van der Waals surface area (Å²) < 4.78 is 0. The van der Waals surface area contributed by atoms with Crippen LogP contribution in [0.2, 0.25) is 0 Å². The largest absolute Gasteiger partial charge is 0.339 e. The van der Waals surface area contributed by atoms with Crippen molar-refractivity contribution < 1.29 is 9.59 Å². The molecule has 1 heterocycles. The molecule has 29 heavy (non-hydrogen) atoms. The number of amides is 2. The summed E-state index contributed by atoms with van der Waals surface area (Å²) in [5.74, 6) is 0.464. The van der Waals surface area contributed by atoms with E-state index >= 15 is 0 Å². The van der Waals surface area contributed by atoms with Gasteiger partial charge >= 0.3 is 0 Å². The van der Waals surface area contributed by atoms with Crippen LogP contribution in [0.3, 0.4) is 0 Å². The highest BCUT2D eigenvalue weighted by Crippen LogP contribution is 2.22. The number of aromatic nitrogens is 2. The number of carbonyl (C=O) groups is 2. The van der Waals surface area contributed by atoms with E-state index in [0.717, 1.165) is 16.7 Å². The third-order valence-electron chi connectivity index (χ3n) is 4.19. The smallest absolute Gasteiger partial charge is 0.285 e. The Morgan fingerprint density at radius 2 is 1.83 bits per heavy atom. The minimum absolute atomic E-state index is 0.0536. The van der Waals surface area contributed by atoms with Crippen LogP contribution in [-0.2, 0) is 11.2 Å². The quantitative estimate of drug-likeness (QED) is 0.605. The molecule has 0 spiro atoms. The van der Waals surface area contributed by atoms with E-state index in [1.165, 1.54) is 4.90 Å². The van der Waals surface area contributed by atoms with Crippen molar-refractivity contribution in [1.82, 2.24) is 14.9 Å². The lowest BCUT2D eigenvalue weighted by Crippen LogP contribution is -2.16. The Labute approximate surface area is 172 Å². The molecule has 0 bridgehead atoms. The Morgan fingerprint density at radius 3 is 2.55 bits per heavy atom. The number of anilines is 1. The van der Waals surface area contributed by atoms with Gasteiger partial charge in [0.2, 0.25) is 5.91 Å². The Kier molecular flexibility index (Phi) is 6.66. The Morgan fingerprint density at radius 1 is 1.10 bits per heavy atom. The number of hydrogen-bond donors (Lipinski definition) is 2. The van der Waals surface area contributed by atoms with Crippen molar-refractivity contribution in [2.45, 2.75) is 24.2 Å². The molecular weight excluding hydrogens is 388 g/mol. The third kappa shape index (κ3) is 5.68. The number of fused-ring (bicyclic) bond motifs is 1. The predicted molar refractivity (Wildman–Crippen MR) is 115 cm³/mol. The standard InChI is InChI=1S/C21H22N4O3S/c1-25(2)21(28)29-15-12-10-14(11-13-15)22-19(26)9-5-8-18-23-17-7-4-3-6-16(17)20(27)24-18/h3-4,6-7,10-13H,5,8-9H2,1-2H3,(H,22,26)(H,23,24,27). The van der Waals surface area contributed by atoms with Gasteiger partial charge in [0.1, 0.15) is 5.82 Å². The molecule has 3 rings (SSSR count). The first-order valence-corrected chi connectivity index (χ1v) is 10.0. The van der Waals surface area contributed by atoms with Crippen molar-refractivity contribution in [3.05, 3.63) is 64.7 Å². The fourth-order valence-electron chi connectivity index (χ4n) is 2.69. The van der Waals surface area contributed by atoms with E-state index in [2.05, 4.69) is 15.3 Å². The maximum Gasteiger partial charge on any atom is 0.285 e. The van der Waals surface area contributed by atoms with E-state index in [1.54, 1.807) is 56.6 Å². The lowest BCUT2D eigenvalue weighted by molar-refractivity contribution is -0.116. The second-order valence-corrected chi connectivity index (χ2v) is 7.74. The molecule has 0 radical (unpaired) electrons. The van der Waals surface area contributed by atoms with Gasteiger partial charge in [-0.25, -0.2) is 4.98 Å². The number of thioether (sulfide) groups is 1. The van der Waals surface area contributed by atoms with E-state index in [-0.39, 0.29) is 16.7 Å². The lowest BCUT2D eigenvalue weighted by Gasteiger charge is -2.10. The van der Waals surface area contributed by atoms with Crippen LogP contribution in [-0.4, -0.2) is 40.1 Å². The van der Waals surface area contributed by atoms with Crippen molar-refractivity contribution in [1.29, 1.82) is 0 Å². The monoisotopic (exact) mass is 410 g/mol. The topological polar surface area (TPSA) is 95.2 Å². The number of aromatic amines is 1. The Hall–Kier alpha value is -3.13. The van der Waals surface area contributed by atoms with Crippen LogP contribution in [0, 0.1) is 0 Å². The van der Waals surface area contributed by atoms with Gasteiger partial charge in [-0.15, -0.1) is 0 Å². The maximum absolute atomic E-state index is 12.2. The predicted octanol–water partition coefficient (Wildman–Crippen LogP) is 3.66. The normalized spacial score (nSPS) is 10.7. The molecule has 0 aliphatic carbocycles. The van der Waals surface area contributed by atoms with Gasteiger partial charge in [0.15, 0.2) is 0 Å². The summed E-state index contributed by atoms with van der Waals surface area (Å²) >= 11 is 1.13. The summed E-state index contributed by atoms with van der Waals surface area (Å²) in [6, 6.07) is 14.3. The van der Waals surface area contributed by atoms with Gasteiger partial charge in [0.05, 0.1) is 10.9 Å². The van der Waals surface area contributed by atoms with E-state index in [9.17, 15) is 14.4 Å². The molecule has 0 atom stereocenters. The average Bonchev–Trinajstić information content (AvgIpc) is 2.69. The molecule has 2 aromatic carbocycles. The molecule has 0 fully saturated rings. The molecule has 150 valence electrons. The van der Waals surface area contributed by atoms with Crippen LogP contribution in [0.1, 0.15) is 18.7 Å². The molecule has 3 aromatic rings. The van der Waals surface area contributed by atoms with Crippen LogP contribution in [0.4, 0.5) is 10.5 Å². The van der Waals surface area contributed by atoms with Gasteiger partial charge in [-0.1, -0.05) is 12.1 Å². The second-order valence-electron chi connectivity index (χ2n) is 6.72. The van der Waals surface area contributed by atoms with E-state index in [0.29, 0.717) is 41.7 Å². The van der Waals surface area contributed by atoms with E-state index < -0.39 is 0 Å². The molecule has 2 amide bonds. The number of benzene rings is 2. The number of carbonyl (C=O) groups excluding carboxylic acids is 2. The number of para-hydroxylation sites is 1. The number of H-pyrrole nitrogens is 1. The Bertz CT molecular complexity index is 1080. The van der Waals surface area contributed by atoms with E-state index in [4.69, 9.17) is 0 Å². The fraction of sp³-hybridized carbons (Fsp3) is 0.238. The average molecular weight is 410 g/mol. The minimum atomic E-state index is -0.166. The first kappa shape index (κ1) is 20.6. The number of nitrogens with zero attached hydrogens (tertiary/aromatic N) is 2. The summed E-state index contributed by atoms with van der Waals surface area (Å²) in [6.45, 7) is 0. The molecule has 2 N–H and O–H groups in total. The molecule has 0 saturated heterocycles. The first-order valence-electron chi connectivity index (χ1n) is 9.19. The third-order valence-corrected chi connectivity index (χ3v) is 5.24. The molecule has 0 aliphatic rings. The number of aryl methyl sites for hydroxylation is 1. The van der Waals surface area contributed by atoms with Crippen LogP contribution >= 0.6 is 11.8 Å². The number of nitrogens with one attached hydrogen (secondary N) is 2. The lowest BCUT2D eigenvalue weighted by atomic mass is 10.2. The summed E-state index contributed by atoms with van der Waals surface area (Å²) in [6.07, 6.45) is 1.39. The highest BCUT2D eigenvalue weighted by atomic mass is 32.2. The van der Waals surface area contributed by atoms with Crippen LogP contribution < -0.4 is 10.9 Å². The molecular formula is C21H22N4O3S. The minimum Gasteiger partial charge on any atom is -0.339 e. The molecule has 8 heteroatoms. The van der Waals surface area contributed by atoms with Crippen LogP contribution in [0.5, 0.6) is 0 Å². The van der Waals surface area contributed by atoms with Gasteiger partial charge < -0.3 is 15.2 Å². The van der Waals surface area contributed by atoms with Gasteiger partial charge in [0, 0.05) is 37.5 Å². The maximum atomic E-state index is 12.2. The molecule has 0 unspecified atom stereocenters. The van der Waals surface area contributed by atoms with Crippen LogP contribution in [0.25, 0.3) is 10.9 Å². The first-order chi connectivity index (χ1) is 13.9. The van der Waals surface area contributed by atoms with Crippen molar-refractivity contribution in [3.8, 4) is 0 Å². The fourth-order valence-corrected chi connectivity index (χ4v) is 3.35. The molecule has 0 aliphatic heterocycles. The number of rotatable bonds is 6. The number of hydrogen-bond acceptors (Lipinski definition) is 5. The van der Waals surface area contributed by atoms with Crippen molar-refractivity contribution in [2.24, 2.45) is 0 Å². The van der Waals surface area contributed by atoms with E-state index in [1.807, 2.05) is 6.07 Å². The molecule has 1 aromatic heterocycles. The molecule has 7 nitrogen and oxygen atoms in total. The summed E-state index contributed by atoms with van der Waals surface area (Å²) in [4.78, 5) is 45.5. The molecule has 0 saturated carbocycles. The van der Waals surface area contributed by atoms with Gasteiger partial charge in [0.25, 0.3) is 10.8 Å². The Balaban J connectivity index is 1.50. The highest BCUT2D eigenvalue weighted by Gasteiger charge is 2.08.